The Morgan fingerprint density at radius 2 is 1.02 bits per heavy atom. The van der Waals surface area contributed by atoms with Crippen molar-refractivity contribution in [1.29, 1.82) is 0 Å². The van der Waals surface area contributed by atoms with Crippen molar-refractivity contribution >= 4 is 23.4 Å². The van der Waals surface area contributed by atoms with Gasteiger partial charge >= 0.3 is 5.97 Å². The summed E-state index contributed by atoms with van der Waals surface area (Å²) < 4.78 is 31.2. The van der Waals surface area contributed by atoms with Crippen LogP contribution in [0.5, 0.6) is 23.0 Å². The number of nitrogens with one attached hydrogen (secondary N) is 1. The number of rotatable bonds is 19. The molecule has 14 nitrogen and oxygen atoms in total. The lowest BCUT2D eigenvalue weighted by molar-refractivity contribution is -0.141. The third-order valence-electron chi connectivity index (χ3n) is 10.4. The van der Waals surface area contributed by atoms with E-state index >= 15 is 0 Å². The smallest absolute Gasteiger partial charge is 0.306 e. The van der Waals surface area contributed by atoms with Crippen molar-refractivity contribution in [3.05, 3.63) is 119 Å². The molecule has 6 N–H and O–H groups in total. The number of amides is 1. The molecule has 0 radical (unpaired) electrons. The summed E-state index contributed by atoms with van der Waals surface area (Å²) in [5, 5.41) is 11.6. The van der Waals surface area contributed by atoms with E-state index in [2.05, 4.69) is 5.32 Å². The summed E-state index contributed by atoms with van der Waals surface area (Å²) in [6.45, 7) is 6.08. The molecule has 6 rings (SSSR count). The highest BCUT2D eigenvalue weighted by Gasteiger charge is 2.50. The van der Waals surface area contributed by atoms with Crippen LogP contribution in [0.4, 0.5) is 0 Å². The largest absolute Gasteiger partial charge is 0.493 e. The zero-order valence-electron chi connectivity index (χ0n) is 36.0. The van der Waals surface area contributed by atoms with E-state index < -0.39 is 41.2 Å². The Bertz CT molecular complexity index is 2070. The van der Waals surface area contributed by atoms with Crippen LogP contribution in [-0.2, 0) is 54.3 Å². The summed E-state index contributed by atoms with van der Waals surface area (Å²) in [5.41, 5.74) is 14.4. The molecular weight excluding hydrogens is 783 g/mol. The van der Waals surface area contributed by atoms with Crippen LogP contribution in [0.3, 0.4) is 0 Å². The molecule has 14 heteroatoms. The average molecular weight is 842 g/mol. The van der Waals surface area contributed by atoms with Crippen molar-refractivity contribution in [3.63, 3.8) is 0 Å². The van der Waals surface area contributed by atoms with E-state index in [9.17, 15) is 19.2 Å². The Kier molecular flexibility index (Phi) is 17.4. The number of Topliss-reactive ketones (excluding diaryl/α,β-unsaturated/α-hetero) is 2. The predicted molar refractivity (Wildman–Crippen MR) is 230 cm³/mol. The van der Waals surface area contributed by atoms with Crippen molar-refractivity contribution in [2.75, 3.05) is 41.7 Å². The van der Waals surface area contributed by atoms with Crippen molar-refractivity contribution in [3.8, 4) is 23.0 Å². The van der Waals surface area contributed by atoms with Gasteiger partial charge in [0.25, 0.3) is 0 Å². The normalized spacial score (nSPS) is 19.1. The first-order valence-corrected chi connectivity index (χ1v) is 20.0. The number of aliphatic carboxylic acids is 1. The van der Waals surface area contributed by atoms with E-state index in [1.165, 1.54) is 0 Å². The topological polar surface area (TPSA) is 215 Å². The highest BCUT2D eigenvalue weighted by molar-refractivity contribution is 5.97. The van der Waals surface area contributed by atoms with Crippen LogP contribution in [0.15, 0.2) is 97.1 Å². The molecule has 2 aliphatic rings. The molecule has 0 bridgehead atoms. The molecule has 61 heavy (non-hydrogen) atoms. The highest BCUT2D eigenvalue weighted by atomic mass is 16.6. The monoisotopic (exact) mass is 841 g/mol. The second-order valence-corrected chi connectivity index (χ2v) is 15.4. The molecule has 1 amide bonds. The average Bonchev–Trinajstić information content (AvgIpc) is 4.21. The molecule has 0 spiro atoms. The van der Waals surface area contributed by atoms with Gasteiger partial charge in [0.1, 0.15) is 11.2 Å². The van der Waals surface area contributed by atoms with E-state index in [1.807, 2.05) is 72.8 Å². The Balaban J connectivity index is 0.000000222. The quantitative estimate of drug-likeness (QED) is 0.0956. The van der Waals surface area contributed by atoms with Gasteiger partial charge in [-0.2, -0.15) is 0 Å². The van der Waals surface area contributed by atoms with Crippen molar-refractivity contribution in [2.45, 2.75) is 75.8 Å². The van der Waals surface area contributed by atoms with Gasteiger partial charge in [-0.3, -0.25) is 19.2 Å². The van der Waals surface area contributed by atoms with Crippen molar-refractivity contribution < 1.29 is 52.7 Å². The highest BCUT2D eigenvalue weighted by Crippen LogP contribution is 2.31. The Hall–Kier alpha value is -5.80. The van der Waals surface area contributed by atoms with Gasteiger partial charge < -0.3 is 50.3 Å². The van der Waals surface area contributed by atoms with Crippen LogP contribution in [0.1, 0.15) is 43.0 Å². The van der Waals surface area contributed by atoms with Gasteiger partial charge in [-0.25, -0.2) is 0 Å². The fourth-order valence-corrected chi connectivity index (χ4v) is 6.36. The zero-order chi connectivity index (χ0) is 44.7. The first kappa shape index (κ1) is 47.9. The van der Waals surface area contributed by atoms with Crippen LogP contribution in [0.2, 0.25) is 0 Å². The molecule has 0 aliphatic carbocycles. The molecule has 2 heterocycles. The number of carboxylic acids is 1. The number of hydrogen-bond acceptors (Lipinski definition) is 12. The number of ketones is 2. The van der Waals surface area contributed by atoms with E-state index in [4.69, 9.17) is 45.0 Å². The maximum Gasteiger partial charge on any atom is 0.306 e. The summed E-state index contributed by atoms with van der Waals surface area (Å²) in [5.74, 6) is 0.719. The predicted octanol–water partition coefficient (Wildman–Crippen LogP) is 4.54. The fourth-order valence-electron chi connectivity index (χ4n) is 6.36. The summed E-state index contributed by atoms with van der Waals surface area (Å²) in [7, 11) is 6.24. The van der Waals surface area contributed by atoms with Gasteiger partial charge in [-0.1, -0.05) is 79.7 Å². The van der Waals surface area contributed by atoms with Crippen LogP contribution >= 0.6 is 0 Å². The molecule has 0 unspecified atom stereocenters. The lowest BCUT2D eigenvalue weighted by Crippen LogP contribution is -2.52. The molecule has 328 valence electrons. The molecule has 6 atom stereocenters. The Labute approximate surface area is 357 Å². The zero-order valence-corrected chi connectivity index (χ0v) is 36.0. The minimum atomic E-state index is -0.833. The second-order valence-electron chi connectivity index (χ2n) is 15.4. The lowest BCUT2D eigenvalue weighted by atomic mass is 9.94. The number of hydrogen-bond donors (Lipinski definition) is 4. The summed E-state index contributed by atoms with van der Waals surface area (Å²) in [6.07, 6.45) is 1.74. The van der Waals surface area contributed by atoms with Gasteiger partial charge in [-0.15, -0.1) is 0 Å². The van der Waals surface area contributed by atoms with Gasteiger partial charge in [0, 0.05) is 0 Å². The maximum atomic E-state index is 12.9. The van der Waals surface area contributed by atoms with E-state index in [-0.39, 0.29) is 17.5 Å². The molecule has 4 aromatic carbocycles. The van der Waals surface area contributed by atoms with Gasteiger partial charge in [0.05, 0.1) is 65.7 Å². The molecule has 2 fully saturated rings. The van der Waals surface area contributed by atoms with E-state index in [0.29, 0.717) is 61.9 Å². The molecule has 2 aliphatic heterocycles. The standard InChI is InChI=1S/C23H28N2O5.C12H15NO2.C12H16O4/c1-23(14-30-23)21(26)18(12-15-7-5-4-6-8-15)25-22(27)17(24)11-16-9-10-19(28-2)20(13-16)29-3;1-12(8-15-12)11(14)10(13)7-9-5-3-2-4-6-9;1-8(12(13)14)6-9-4-5-10(15-2)11(7-9)16-3/h4-10,13,17-18H,11-12,14,24H2,1-3H3,(H,25,27);2-6,10H,7-8,13H2,1H3;4-5,7-8H,6H2,1-3H3,(H,13,14)/t17-,18-,23+;10-,12+;8-/m000/s1. The number of ether oxygens (including phenoxy) is 6. The fraction of sp³-hybridized carbons (Fsp3) is 0.404. The van der Waals surface area contributed by atoms with Crippen LogP contribution in [0.25, 0.3) is 0 Å². The SMILES string of the molecule is COc1ccc(C[C@H](C)C(=O)O)cc1OC.COc1ccc(C[C@H](N)C(=O)N[C@@H](Cc2ccccc2)C(=O)[C@@]2(C)CO2)cc1OC.C[C@]1(C(=O)[C@@H](N)Cc2ccccc2)CO1. The number of benzene rings is 4. The second kappa shape index (κ2) is 22.2. The summed E-state index contributed by atoms with van der Waals surface area (Å²) in [4.78, 5) is 48.2. The van der Waals surface area contributed by atoms with Crippen LogP contribution in [0, 0.1) is 5.92 Å². The van der Waals surface area contributed by atoms with Crippen molar-refractivity contribution in [1.82, 2.24) is 5.32 Å². The molecule has 2 saturated heterocycles. The van der Waals surface area contributed by atoms with Crippen molar-refractivity contribution in [2.24, 2.45) is 17.4 Å². The molecule has 0 aromatic heterocycles. The summed E-state index contributed by atoms with van der Waals surface area (Å²) >= 11 is 0. The molecule has 4 aromatic rings. The number of nitrogens with two attached hydrogens (primary N) is 2. The summed E-state index contributed by atoms with van der Waals surface area (Å²) in [6, 6.07) is 28.2. The Morgan fingerprint density at radius 1 is 0.607 bits per heavy atom. The van der Waals surface area contributed by atoms with Crippen LogP contribution in [-0.4, -0.2) is 99.5 Å². The number of carbonyl (C=O) groups excluding carboxylic acids is 3. The number of methoxy groups -OCH3 is 4. The number of epoxide rings is 2. The van der Waals surface area contributed by atoms with Gasteiger partial charge in [0.15, 0.2) is 34.6 Å². The minimum absolute atomic E-state index is 0.00588. The first-order valence-electron chi connectivity index (χ1n) is 20.0. The number of carboxylic acid groups (broad SMARTS) is 1. The van der Waals surface area contributed by atoms with Gasteiger partial charge in [-0.05, 0) is 86.1 Å². The van der Waals surface area contributed by atoms with Gasteiger partial charge in [0.2, 0.25) is 5.91 Å². The van der Waals surface area contributed by atoms with E-state index in [0.717, 1.165) is 22.3 Å². The minimum Gasteiger partial charge on any atom is -0.493 e. The maximum absolute atomic E-state index is 12.9. The molecular formula is C47H59N3O11. The Morgan fingerprint density at radius 3 is 1.44 bits per heavy atom. The van der Waals surface area contributed by atoms with Crippen LogP contribution < -0.4 is 35.7 Å². The first-order chi connectivity index (χ1) is 29.1. The van der Waals surface area contributed by atoms with E-state index in [1.54, 1.807) is 73.5 Å². The lowest BCUT2D eigenvalue weighted by Gasteiger charge is -2.22. The molecule has 0 saturated carbocycles. The third-order valence-corrected chi connectivity index (χ3v) is 10.4. The third kappa shape index (κ3) is 14.1. The number of carbonyl (C=O) groups is 4.